The van der Waals surface area contributed by atoms with E-state index in [2.05, 4.69) is 73.5 Å². The van der Waals surface area contributed by atoms with Crippen molar-refractivity contribution in [2.45, 2.75) is 6.92 Å². The molecule has 0 amide bonds. The maximum atomic E-state index is 6.19. The van der Waals surface area contributed by atoms with Gasteiger partial charge < -0.3 is 8.83 Å². The SMILES string of the molecule is Cc1nc(-c2ccc(-c3nc4ccccc4o3)nc2)nc2c1ccc1ccc(-c3cnc4oc(-c5cc(-c6ncnc7ccc8ccccc8c67)ccn5)nc4c3)cc12. The summed E-state index contributed by atoms with van der Waals surface area (Å²) in [4.78, 5) is 42.7. The van der Waals surface area contributed by atoms with E-state index in [-0.39, 0.29) is 0 Å². The summed E-state index contributed by atoms with van der Waals surface area (Å²) in [5.74, 6) is 1.42. The van der Waals surface area contributed by atoms with Crippen molar-refractivity contribution in [3.8, 4) is 56.9 Å². The summed E-state index contributed by atoms with van der Waals surface area (Å²) < 4.78 is 12.1. The standard InChI is InChI=1S/C48H27N9O2/c1-26-33-15-12-28-10-11-29(20-35(28)44(33)57-45(54-26)31-14-17-38(50-23-31)47-55-36-8-4-5-9-41(36)58-47)32-22-40-46(51-24-32)59-48(56-40)39-21-30(18-19-49-39)43-42-34-7-3-2-6-27(34)13-16-37(42)52-25-53-43/h2-25H,1H3. The van der Waals surface area contributed by atoms with Gasteiger partial charge in [-0.25, -0.2) is 34.9 Å². The minimum absolute atomic E-state index is 0.371. The number of aromatic nitrogens is 9. The topological polar surface area (TPSA) is 142 Å². The van der Waals surface area contributed by atoms with Gasteiger partial charge in [0.2, 0.25) is 17.5 Å². The van der Waals surface area contributed by atoms with E-state index < -0.39 is 0 Å². The largest absolute Gasteiger partial charge is 0.435 e. The van der Waals surface area contributed by atoms with Gasteiger partial charge in [0.05, 0.1) is 16.7 Å². The number of rotatable bonds is 5. The molecule has 12 rings (SSSR count). The number of aryl methyl sites for hydroxylation is 1. The Kier molecular flexibility index (Phi) is 7.17. The van der Waals surface area contributed by atoms with E-state index >= 15 is 0 Å². The summed E-state index contributed by atoms with van der Waals surface area (Å²) in [6.07, 6.45) is 6.92. The second-order valence-electron chi connectivity index (χ2n) is 14.3. The Morgan fingerprint density at radius 1 is 0.475 bits per heavy atom. The Morgan fingerprint density at radius 2 is 1.29 bits per heavy atom. The number of nitrogens with zero attached hydrogens (tertiary/aromatic N) is 9. The molecule has 0 N–H and O–H groups in total. The van der Waals surface area contributed by atoms with Gasteiger partial charge in [-0.2, -0.15) is 0 Å². The molecular weight excluding hydrogens is 735 g/mol. The van der Waals surface area contributed by atoms with Gasteiger partial charge in [-0.05, 0) is 83.2 Å². The zero-order valence-electron chi connectivity index (χ0n) is 31.2. The maximum Gasteiger partial charge on any atom is 0.248 e. The van der Waals surface area contributed by atoms with Crippen LogP contribution in [0.25, 0.3) is 123 Å². The first-order valence-electron chi connectivity index (χ1n) is 19.0. The molecular formula is C48H27N9O2. The van der Waals surface area contributed by atoms with Crippen LogP contribution in [0.1, 0.15) is 5.69 Å². The highest BCUT2D eigenvalue weighted by atomic mass is 16.4. The summed E-state index contributed by atoms with van der Waals surface area (Å²) in [6, 6.07) is 40.3. The first-order valence-corrected chi connectivity index (χ1v) is 19.0. The number of hydrogen-bond acceptors (Lipinski definition) is 11. The number of benzene rings is 5. The van der Waals surface area contributed by atoms with Crippen LogP contribution in [0.4, 0.5) is 0 Å². The molecule has 7 aromatic heterocycles. The molecule has 0 spiro atoms. The van der Waals surface area contributed by atoms with Gasteiger partial charge >= 0.3 is 0 Å². The smallest absolute Gasteiger partial charge is 0.248 e. The molecule has 0 saturated heterocycles. The average molecular weight is 762 g/mol. The van der Waals surface area contributed by atoms with Crippen LogP contribution in [0.5, 0.6) is 0 Å². The Balaban J connectivity index is 0.894. The Bertz CT molecular complexity index is 3620. The van der Waals surface area contributed by atoms with Gasteiger partial charge in [-0.1, -0.05) is 66.7 Å². The fourth-order valence-corrected chi connectivity index (χ4v) is 7.84. The van der Waals surface area contributed by atoms with Gasteiger partial charge in [-0.3, -0.25) is 9.97 Å². The van der Waals surface area contributed by atoms with E-state index in [1.807, 2.05) is 79.7 Å². The number of para-hydroxylation sites is 2. The van der Waals surface area contributed by atoms with E-state index in [0.717, 1.165) is 88.1 Å². The van der Waals surface area contributed by atoms with Crippen LogP contribution in [-0.2, 0) is 0 Å². The fraction of sp³-hybridized carbons (Fsp3) is 0.0208. The molecule has 0 saturated carbocycles. The van der Waals surface area contributed by atoms with E-state index in [4.69, 9.17) is 28.8 Å². The zero-order valence-corrected chi connectivity index (χ0v) is 31.2. The summed E-state index contributed by atoms with van der Waals surface area (Å²) in [6.45, 7) is 2.01. The molecule has 0 aliphatic carbocycles. The lowest BCUT2D eigenvalue weighted by Gasteiger charge is -2.10. The molecule has 0 aliphatic heterocycles. The second kappa shape index (κ2) is 12.9. The van der Waals surface area contributed by atoms with E-state index in [1.54, 1.807) is 24.9 Å². The molecule has 0 fully saturated rings. The Hall–Kier alpha value is -8.31. The highest BCUT2D eigenvalue weighted by Crippen LogP contribution is 2.36. The van der Waals surface area contributed by atoms with Gasteiger partial charge in [-0.15, -0.1) is 0 Å². The first kappa shape index (κ1) is 32.9. The third kappa shape index (κ3) is 5.47. The minimum atomic E-state index is 0.371. The van der Waals surface area contributed by atoms with Crippen molar-refractivity contribution >= 4 is 65.7 Å². The maximum absolute atomic E-state index is 6.19. The molecule has 11 heteroatoms. The second-order valence-corrected chi connectivity index (χ2v) is 14.3. The summed E-state index contributed by atoms with van der Waals surface area (Å²) >= 11 is 0. The highest BCUT2D eigenvalue weighted by Gasteiger charge is 2.17. The number of hydrogen-bond donors (Lipinski definition) is 0. The molecule has 7 heterocycles. The monoisotopic (exact) mass is 761 g/mol. The summed E-state index contributed by atoms with van der Waals surface area (Å²) in [5, 5.41) is 6.22. The Morgan fingerprint density at radius 3 is 2.22 bits per heavy atom. The summed E-state index contributed by atoms with van der Waals surface area (Å²) in [7, 11) is 0. The number of fused-ring (bicyclic) bond motifs is 8. The lowest BCUT2D eigenvalue weighted by atomic mass is 9.99. The molecule has 0 aliphatic rings. The van der Waals surface area contributed by atoms with Crippen LogP contribution in [0.3, 0.4) is 0 Å². The van der Waals surface area contributed by atoms with E-state index in [9.17, 15) is 0 Å². The zero-order chi connectivity index (χ0) is 39.0. The number of pyridine rings is 3. The first-order chi connectivity index (χ1) is 29.1. The molecule has 0 atom stereocenters. The van der Waals surface area contributed by atoms with Crippen LogP contribution in [0.2, 0.25) is 0 Å². The van der Waals surface area contributed by atoms with Crippen LogP contribution in [0, 0.1) is 6.92 Å². The third-order valence-electron chi connectivity index (χ3n) is 10.8. The fourth-order valence-electron chi connectivity index (χ4n) is 7.84. The van der Waals surface area contributed by atoms with Crippen molar-refractivity contribution in [1.82, 2.24) is 44.9 Å². The van der Waals surface area contributed by atoms with Gasteiger partial charge in [0, 0.05) is 57.1 Å². The van der Waals surface area contributed by atoms with Gasteiger partial charge in [0.1, 0.15) is 28.7 Å². The van der Waals surface area contributed by atoms with Gasteiger partial charge in [0.15, 0.2) is 11.4 Å². The van der Waals surface area contributed by atoms with Crippen LogP contribution in [-0.4, -0.2) is 44.9 Å². The lowest BCUT2D eigenvalue weighted by Crippen LogP contribution is -1.96. The third-order valence-corrected chi connectivity index (χ3v) is 10.8. The van der Waals surface area contributed by atoms with Crippen LogP contribution >= 0.6 is 0 Å². The van der Waals surface area contributed by atoms with Crippen molar-refractivity contribution in [2.24, 2.45) is 0 Å². The summed E-state index contributed by atoms with van der Waals surface area (Å²) in [5.41, 5.74) is 10.7. The van der Waals surface area contributed by atoms with Crippen LogP contribution < -0.4 is 0 Å². The Labute approximate surface area is 334 Å². The molecule has 0 unspecified atom stereocenters. The average Bonchev–Trinajstić information content (AvgIpc) is 3.93. The molecule has 0 radical (unpaired) electrons. The van der Waals surface area contributed by atoms with Gasteiger partial charge in [0.25, 0.3) is 0 Å². The molecule has 276 valence electrons. The van der Waals surface area contributed by atoms with Crippen molar-refractivity contribution < 1.29 is 8.83 Å². The van der Waals surface area contributed by atoms with E-state index in [1.165, 1.54) is 0 Å². The molecule has 59 heavy (non-hydrogen) atoms. The number of oxazole rings is 2. The van der Waals surface area contributed by atoms with Crippen molar-refractivity contribution in [3.05, 3.63) is 152 Å². The molecule has 12 aromatic rings. The predicted molar refractivity (Wildman–Crippen MR) is 228 cm³/mol. The predicted octanol–water partition coefficient (Wildman–Crippen LogP) is 11.0. The molecule has 0 bridgehead atoms. The van der Waals surface area contributed by atoms with E-state index in [0.29, 0.717) is 40.2 Å². The highest BCUT2D eigenvalue weighted by molar-refractivity contribution is 6.12. The minimum Gasteiger partial charge on any atom is -0.435 e. The molecule has 11 nitrogen and oxygen atoms in total. The van der Waals surface area contributed by atoms with Crippen molar-refractivity contribution in [1.29, 1.82) is 0 Å². The molecule has 5 aromatic carbocycles. The van der Waals surface area contributed by atoms with Crippen molar-refractivity contribution in [3.63, 3.8) is 0 Å². The van der Waals surface area contributed by atoms with Crippen molar-refractivity contribution in [2.75, 3.05) is 0 Å². The van der Waals surface area contributed by atoms with Crippen LogP contribution in [0.15, 0.2) is 155 Å². The quantitative estimate of drug-likeness (QED) is 0.155. The normalized spacial score (nSPS) is 11.8. The lowest BCUT2D eigenvalue weighted by molar-refractivity contribution is 0.605.